The lowest BCUT2D eigenvalue weighted by Crippen LogP contribution is -2.41. The van der Waals surface area contributed by atoms with Crippen LogP contribution in [0.25, 0.3) is 4.96 Å². The number of likely N-dealkylation sites (N-methyl/N-ethyl adjacent to an activating group) is 1. The molecule has 3 rings (SSSR count). The Kier molecular flexibility index (Phi) is 4.00. The van der Waals surface area contributed by atoms with Gasteiger partial charge in [0.2, 0.25) is 0 Å². The molecule has 0 N–H and O–H groups in total. The molecule has 1 aliphatic heterocycles. The van der Waals surface area contributed by atoms with Crippen molar-refractivity contribution in [3.05, 3.63) is 16.7 Å². The molecule has 9 heteroatoms. The number of rotatable bonds is 4. The predicted molar refractivity (Wildman–Crippen MR) is 83.5 cm³/mol. The molecule has 0 aliphatic carbocycles. The molecule has 0 aromatic carbocycles. The smallest absolute Gasteiger partial charge is 0.262 e. The zero-order valence-electron chi connectivity index (χ0n) is 11.9. The van der Waals surface area contributed by atoms with Gasteiger partial charge in [0.1, 0.15) is 0 Å². The van der Waals surface area contributed by atoms with E-state index in [0.717, 1.165) is 12.8 Å². The lowest BCUT2D eigenvalue weighted by atomic mass is 10.2. The molecule has 2 aromatic heterocycles. The molecule has 1 saturated heterocycles. The molecule has 6 nitrogen and oxygen atoms in total. The second-order valence-corrected chi connectivity index (χ2v) is 8.47. The van der Waals surface area contributed by atoms with Crippen LogP contribution in [0, 0.1) is 0 Å². The van der Waals surface area contributed by atoms with Crippen molar-refractivity contribution < 1.29 is 8.42 Å². The fourth-order valence-electron chi connectivity index (χ4n) is 2.81. The van der Waals surface area contributed by atoms with Crippen molar-refractivity contribution in [2.45, 2.75) is 23.9 Å². The summed E-state index contributed by atoms with van der Waals surface area (Å²) in [6, 6.07) is -0.00903. The quantitative estimate of drug-likeness (QED) is 0.844. The summed E-state index contributed by atoms with van der Waals surface area (Å²) in [5.41, 5.74) is 0. The van der Waals surface area contributed by atoms with Crippen molar-refractivity contribution in [1.82, 2.24) is 18.6 Å². The number of hydrogen-bond acceptors (Lipinski definition) is 5. The number of halogens is 1. The van der Waals surface area contributed by atoms with Gasteiger partial charge in [-0.3, -0.25) is 4.40 Å². The number of sulfonamides is 1. The van der Waals surface area contributed by atoms with Crippen LogP contribution in [0.15, 0.2) is 16.6 Å². The van der Waals surface area contributed by atoms with Gasteiger partial charge in [-0.1, -0.05) is 11.6 Å². The molecule has 21 heavy (non-hydrogen) atoms. The summed E-state index contributed by atoms with van der Waals surface area (Å²) in [4.78, 5) is 6.74. The van der Waals surface area contributed by atoms with Gasteiger partial charge in [0.05, 0.1) is 0 Å². The van der Waals surface area contributed by atoms with Gasteiger partial charge in [0.25, 0.3) is 10.0 Å². The first-order valence-corrected chi connectivity index (χ1v) is 9.38. The summed E-state index contributed by atoms with van der Waals surface area (Å²) in [5, 5.41) is 1.95. The Hall–Kier alpha value is -0.670. The van der Waals surface area contributed by atoms with Crippen LogP contribution >= 0.6 is 22.9 Å². The van der Waals surface area contributed by atoms with Gasteiger partial charge in [-0.05, 0) is 26.9 Å². The van der Waals surface area contributed by atoms with Crippen molar-refractivity contribution in [1.29, 1.82) is 0 Å². The Balaban J connectivity index is 2.03. The average Bonchev–Trinajstić information content (AvgIpc) is 3.02. The van der Waals surface area contributed by atoms with Crippen LogP contribution in [0.5, 0.6) is 0 Å². The van der Waals surface area contributed by atoms with E-state index in [1.54, 1.807) is 20.3 Å². The van der Waals surface area contributed by atoms with E-state index < -0.39 is 10.0 Å². The van der Waals surface area contributed by atoms with E-state index in [4.69, 9.17) is 11.6 Å². The Bertz CT molecular complexity index is 752. The lowest BCUT2D eigenvalue weighted by molar-refractivity contribution is 0.290. The largest absolute Gasteiger partial charge is 0.308 e. The van der Waals surface area contributed by atoms with Gasteiger partial charge in [-0.25, -0.2) is 13.4 Å². The van der Waals surface area contributed by atoms with Crippen LogP contribution in [0.2, 0.25) is 5.15 Å². The summed E-state index contributed by atoms with van der Waals surface area (Å²) in [7, 11) is 0.265. The average molecular weight is 349 g/mol. The molecule has 3 heterocycles. The highest BCUT2D eigenvalue weighted by Crippen LogP contribution is 2.32. The van der Waals surface area contributed by atoms with Crippen LogP contribution < -0.4 is 0 Å². The molecule has 0 radical (unpaired) electrons. The zero-order chi connectivity index (χ0) is 15.2. The second kappa shape index (κ2) is 5.51. The maximum absolute atomic E-state index is 13.0. The van der Waals surface area contributed by atoms with E-state index in [1.807, 2.05) is 19.0 Å². The van der Waals surface area contributed by atoms with Gasteiger partial charge in [-0.15, -0.1) is 11.3 Å². The lowest BCUT2D eigenvalue weighted by Gasteiger charge is -2.26. The number of aromatic nitrogens is 2. The van der Waals surface area contributed by atoms with Crippen LogP contribution in [-0.4, -0.2) is 60.2 Å². The van der Waals surface area contributed by atoms with Crippen molar-refractivity contribution in [3.63, 3.8) is 0 Å². The summed E-state index contributed by atoms with van der Waals surface area (Å²) < 4.78 is 29.1. The maximum atomic E-state index is 13.0. The van der Waals surface area contributed by atoms with Crippen LogP contribution in [0.4, 0.5) is 0 Å². The number of hydrogen-bond donors (Lipinski definition) is 0. The topological polar surface area (TPSA) is 57.9 Å². The number of fused-ring (bicyclic) bond motifs is 1. The highest BCUT2D eigenvalue weighted by atomic mass is 35.5. The van der Waals surface area contributed by atoms with Gasteiger partial charge in [0.15, 0.2) is 15.1 Å². The van der Waals surface area contributed by atoms with Crippen LogP contribution in [0.3, 0.4) is 0 Å². The van der Waals surface area contributed by atoms with E-state index in [2.05, 4.69) is 4.98 Å². The Morgan fingerprint density at radius 2 is 2.29 bits per heavy atom. The Morgan fingerprint density at radius 1 is 1.52 bits per heavy atom. The van der Waals surface area contributed by atoms with Gasteiger partial charge in [-0.2, -0.15) is 4.31 Å². The third-order valence-electron chi connectivity index (χ3n) is 3.63. The number of thiazole rings is 1. The van der Waals surface area contributed by atoms with Crippen molar-refractivity contribution >= 4 is 37.9 Å². The third kappa shape index (κ3) is 2.59. The molecule has 116 valence electrons. The first-order chi connectivity index (χ1) is 9.91. The van der Waals surface area contributed by atoms with Crippen molar-refractivity contribution in [3.8, 4) is 0 Å². The van der Waals surface area contributed by atoms with E-state index in [-0.39, 0.29) is 16.2 Å². The minimum Gasteiger partial charge on any atom is -0.308 e. The summed E-state index contributed by atoms with van der Waals surface area (Å²) in [5.74, 6) is 0. The maximum Gasteiger partial charge on any atom is 0.262 e. The van der Waals surface area contributed by atoms with Crippen LogP contribution in [-0.2, 0) is 10.0 Å². The van der Waals surface area contributed by atoms with Gasteiger partial charge < -0.3 is 4.90 Å². The molecule has 0 spiro atoms. The molecule has 1 unspecified atom stereocenters. The van der Waals surface area contributed by atoms with E-state index in [0.29, 0.717) is 18.1 Å². The van der Waals surface area contributed by atoms with Gasteiger partial charge in [0, 0.05) is 30.7 Å². The molecular formula is C12H17ClN4O2S2. The number of imidazole rings is 1. The van der Waals surface area contributed by atoms with E-state index in [9.17, 15) is 8.42 Å². The normalized spacial score (nSPS) is 20.9. The second-order valence-electron chi connectivity index (χ2n) is 5.44. The SMILES string of the molecule is CN(C)CC1CCCN1S(=O)(=O)c1c(Cl)nc2sccn12. The fourth-order valence-corrected chi connectivity index (χ4v) is 5.91. The molecule has 0 amide bonds. The summed E-state index contributed by atoms with van der Waals surface area (Å²) in [6.07, 6.45) is 3.45. The monoisotopic (exact) mass is 348 g/mol. The summed E-state index contributed by atoms with van der Waals surface area (Å²) >= 11 is 7.45. The molecule has 1 fully saturated rings. The standard InChI is InChI=1S/C12H17ClN4O2S2/c1-15(2)8-9-4-3-5-17(9)21(18,19)11-10(13)14-12-16(11)6-7-20-12/h6-7,9H,3-5,8H2,1-2H3. The fraction of sp³-hybridized carbons (Fsp3) is 0.583. The molecule has 1 atom stereocenters. The van der Waals surface area contributed by atoms with E-state index in [1.165, 1.54) is 11.3 Å². The predicted octanol–water partition coefficient (Wildman–Crippen LogP) is 1.76. The molecule has 1 aliphatic rings. The first-order valence-electron chi connectivity index (χ1n) is 6.69. The van der Waals surface area contributed by atoms with E-state index >= 15 is 0 Å². The minimum absolute atomic E-state index is 0.00903. The van der Waals surface area contributed by atoms with Crippen molar-refractivity contribution in [2.24, 2.45) is 0 Å². The molecule has 2 aromatic rings. The number of nitrogens with zero attached hydrogens (tertiary/aromatic N) is 4. The Morgan fingerprint density at radius 3 is 3.00 bits per heavy atom. The highest BCUT2D eigenvalue weighted by molar-refractivity contribution is 7.89. The van der Waals surface area contributed by atoms with Gasteiger partial charge >= 0.3 is 0 Å². The Labute approximate surface area is 133 Å². The molecule has 0 bridgehead atoms. The first kappa shape index (κ1) is 15.2. The minimum atomic E-state index is -3.64. The molecular weight excluding hydrogens is 332 g/mol. The highest BCUT2D eigenvalue weighted by Gasteiger charge is 2.38. The zero-order valence-corrected chi connectivity index (χ0v) is 14.2. The van der Waals surface area contributed by atoms with Crippen LogP contribution in [0.1, 0.15) is 12.8 Å². The molecule has 0 saturated carbocycles. The third-order valence-corrected chi connectivity index (χ3v) is 6.74. The summed E-state index contributed by atoms with van der Waals surface area (Å²) in [6.45, 7) is 1.25. The van der Waals surface area contributed by atoms with Crippen molar-refractivity contribution in [2.75, 3.05) is 27.2 Å².